The standard InChI is InChI=1S/C17H24N2O/c1-13-5-7-14(8-6-13)15-11-18-12-16(15)17(20)19-9-3-2-4-10-19/h5-8,15-16,18H,2-4,9-12H2,1H3. The van der Waals surface area contributed by atoms with Crippen LogP contribution in [0.1, 0.15) is 36.3 Å². The average Bonchev–Trinajstić information content (AvgIpc) is 2.97. The first-order chi connectivity index (χ1) is 9.75. The molecule has 0 radical (unpaired) electrons. The minimum atomic E-state index is 0.121. The Labute approximate surface area is 121 Å². The number of amides is 1. The molecule has 3 rings (SSSR count). The highest BCUT2D eigenvalue weighted by atomic mass is 16.2. The first-order valence-electron chi connectivity index (χ1n) is 7.82. The van der Waals surface area contributed by atoms with Gasteiger partial charge >= 0.3 is 0 Å². The van der Waals surface area contributed by atoms with Crippen molar-refractivity contribution in [3.8, 4) is 0 Å². The highest BCUT2D eigenvalue weighted by Crippen LogP contribution is 2.30. The molecule has 0 aliphatic carbocycles. The summed E-state index contributed by atoms with van der Waals surface area (Å²) in [5, 5.41) is 3.41. The monoisotopic (exact) mass is 272 g/mol. The van der Waals surface area contributed by atoms with E-state index in [4.69, 9.17) is 0 Å². The SMILES string of the molecule is Cc1ccc(C2CNCC2C(=O)N2CCCCC2)cc1. The van der Waals surface area contributed by atoms with Gasteiger partial charge in [0.2, 0.25) is 5.91 Å². The molecule has 2 aliphatic heterocycles. The minimum Gasteiger partial charge on any atom is -0.342 e. The van der Waals surface area contributed by atoms with Crippen molar-refractivity contribution in [2.75, 3.05) is 26.2 Å². The molecular weight excluding hydrogens is 248 g/mol. The van der Waals surface area contributed by atoms with Gasteiger partial charge in [-0.3, -0.25) is 4.79 Å². The zero-order valence-electron chi connectivity index (χ0n) is 12.3. The topological polar surface area (TPSA) is 32.3 Å². The number of likely N-dealkylation sites (tertiary alicyclic amines) is 1. The number of carbonyl (C=O) groups excluding carboxylic acids is 1. The van der Waals surface area contributed by atoms with Gasteiger partial charge in [0.1, 0.15) is 0 Å². The van der Waals surface area contributed by atoms with Crippen molar-refractivity contribution in [3.05, 3.63) is 35.4 Å². The van der Waals surface area contributed by atoms with Gasteiger partial charge in [0.05, 0.1) is 5.92 Å². The van der Waals surface area contributed by atoms with Crippen molar-refractivity contribution in [2.24, 2.45) is 5.92 Å². The van der Waals surface area contributed by atoms with Crippen LogP contribution in [0.2, 0.25) is 0 Å². The lowest BCUT2D eigenvalue weighted by atomic mass is 9.87. The number of nitrogens with one attached hydrogen (secondary N) is 1. The van der Waals surface area contributed by atoms with Crippen molar-refractivity contribution in [3.63, 3.8) is 0 Å². The molecule has 2 fully saturated rings. The number of hydrogen-bond acceptors (Lipinski definition) is 2. The van der Waals surface area contributed by atoms with Gasteiger partial charge in [-0.05, 0) is 31.7 Å². The van der Waals surface area contributed by atoms with Crippen LogP contribution in [-0.4, -0.2) is 37.0 Å². The molecule has 2 atom stereocenters. The van der Waals surface area contributed by atoms with E-state index in [0.717, 1.165) is 26.2 Å². The third-order valence-corrected chi connectivity index (χ3v) is 4.70. The largest absolute Gasteiger partial charge is 0.342 e. The van der Waals surface area contributed by atoms with Crippen LogP contribution in [0.25, 0.3) is 0 Å². The highest BCUT2D eigenvalue weighted by Gasteiger charge is 2.36. The van der Waals surface area contributed by atoms with Crippen LogP contribution in [0.3, 0.4) is 0 Å². The molecule has 1 N–H and O–H groups in total. The lowest BCUT2D eigenvalue weighted by Gasteiger charge is -2.31. The van der Waals surface area contributed by atoms with Gasteiger partial charge in [-0.1, -0.05) is 29.8 Å². The normalized spacial score (nSPS) is 26.8. The average molecular weight is 272 g/mol. The van der Waals surface area contributed by atoms with Gasteiger partial charge in [-0.15, -0.1) is 0 Å². The number of rotatable bonds is 2. The molecule has 2 aliphatic rings. The highest BCUT2D eigenvalue weighted by molar-refractivity contribution is 5.80. The van der Waals surface area contributed by atoms with E-state index in [1.54, 1.807) is 0 Å². The summed E-state index contributed by atoms with van der Waals surface area (Å²) in [6.45, 7) is 5.76. The maximum atomic E-state index is 12.7. The molecule has 3 heteroatoms. The van der Waals surface area contributed by atoms with Crippen LogP contribution in [0.15, 0.2) is 24.3 Å². The fourth-order valence-corrected chi connectivity index (χ4v) is 3.45. The van der Waals surface area contributed by atoms with Crippen LogP contribution in [0, 0.1) is 12.8 Å². The van der Waals surface area contributed by atoms with Crippen LogP contribution < -0.4 is 5.32 Å². The van der Waals surface area contributed by atoms with Crippen molar-refractivity contribution < 1.29 is 4.79 Å². The number of nitrogens with zero attached hydrogens (tertiary/aromatic N) is 1. The maximum Gasteiger partial charge on any atom is 0.227 e. The van der Waals surface area contributed by atoms with Crippen LogP contribution in [0.4, 0.5) is 0 Å². The Morgan fingerprint density at radius 2 is 1.80 bits per heavy atom. The van der Waals surface area contributed by atoms with Crippen molar-refractivity contribution in [2.45, 2.75) is 32.1 Å². The van der Waals surface area contributed by atoms with Gasteiger partial charge in [0.15, 0.2) is 0 Å². The van der Waals surface area contributed by atoms with E-state index in [9.17, 15) is 4.79 Å². The fraction of sp³-hybridized carbons (Fsp3) is 0.588. The molecule has 0 saturated carbocycles. The minimum absolute atomic E-state index is 0.121. The molecule has 1 aromatic carbocycles. The molecule has 0 aromatic heterocycles. The van der Waals surface area contributed by atoms with Crippen LogP contribution >= 0.6 is 0 Å². The summed E-state index contributed by atoms with van der Waals surface area (Å²) in [5.41, 5.74) is 2.58. The Morgan fingerprint density at radius 1 is 1.10 bits per heavy atom. The molecule has 2 heterocycles. The van der Waals surface area contributed by atoms with E-state index in [0.29, 0.717) is 11.8 Å². The number of hydrogen-bond donors (Lipinski definition) is 1. The van der Waals surface area contributed by atoms with Gasteiger partial charge < -0.3 is 10.2 Å². The third kappa shape index (κ3) is 2.73. The number of carbonyl (C=O) groups is 1. The zero-order valence-corrected chi connectivity index (χ0v) is 12.3. The van der Waals surface area contributed by atoms with Crippen molar-refractivity contribution in [1.29, 1.82) is 0 Å². The smallest absolute Gasteiger partial charge is 0.227 e. The van der Waals surface area contributed by atoms with E-state index in [1.807, 2.05) is 0 Å². The van der Waals surface area contributed by atoms with E-state index in [-0.39, 0.29) is 5.92 Å². The van der Waals surface area contributed by atoms with Crippen LogP contribution in [-0.2, 0) is 4.79 Å². The maximum absolute atomic E-state index is 12.7. The summed E-state index contributed by atoms with van der Waals surface area (Å²) in [7, 11) is 0. The lowest BCUT2D eigenvalue weighted by molar-refractivity contribution is -0.136. The first kappa shape index (κ1) is 13.6. The summed E-state index contributed by atoms with van der Waals surface area (Å²) in [6.07, 6.45) is 3.61. The summed E-state index contributed by atoms with van der Waals surface area (Å²) < 4.78 is 0. The molecule has 3 nitrogen and oxygen atoms in total. The van der Waals surface area contributed by atoms with Gasteiger partial charge in [0, 0.05) is 32.1 Å². The first-order valence-corrected chi connectivity index (χ1v) is 7.82. The predicted octanol–water partition coefficient (Wildman–Crippen LogP) is 2.31. The zero-order chi connectivity index (χ0) is 13.9. The summed E-state index contributed by atoms with van der Waals surface area (Å²) in [4.78, 5) is 14.8. The second-order valence-electron chi connectivity index (χ2n) is 6.17. The Balaban J connectivity index is 1.74. The number of piperidine rings is 1. The molecular formula is C17H24N2O. The van der Waals surface area contributed by atoms with Gasteiger partial charge in [-0.2, -0.15) is 0 Å². The Morgan fingerprint density at radius 3 is 2.50 bits per heavy atom. The fourth-order valence-electron chi connectivity index (χ4n) is 3.45. The quantitative estimate of drug-likeness (QED) is 0.896. The molecule has 0 spiro atoms. The van der Waals surface area contributed by atoms with Crippen molar-refractivity contribution >= 4 is 5.91 Å². The predicted molar refractivity (Wildman–Crippen MR) is 80.7 cm³/mol. The Bertz CT molecular complexity index is 462. The van der Waals surface area contributed by atoms with Crippen molar-refractivity contribution in [1.82, 2.24) is 10.2 Å². The summed E-state index contributed by atoms with van der Waals surface area (Å²) in [6, 6.07) is 8.67. The molecule has 1 amide bonds. The van der Waals surface area contributed by atoms with Gasteiger partial charge in [-0.25, -0.2) is 0 Å². The molecule has 1 aromatic rings. The second kappa shape index (κ2) is 5.96. The lowest BCUT2D eigenvalue weighted by Crippen LogP contribution is -2.41. The van der Waals surface area contributed by atoms with E-state index in [1.165, 1.54) is 30.4 Å². The van der Waals surface area contributed by atoms with E-state index >= 15 is 0 Å². The molecule has 108 valence electrons. The molecule has 0 bridgehead atoms. The Hall–Kier alpha value is -1.35. The Kier molecular flexibility index (Phi) is 4.06. The molecule has 20 heavy (non-hydrogen) atoms. The van der Waals surface area contributed by atoms with E-state index < -0.39 is 0 Å². The second-order valence-corrected chi connectivity index (χ2v) is 6.17. The van der Waals surface area contributed by atoms with Gasteiger partial charge in [0.25, 0.3) is 0 Å². The summed E-state index contributed by atoms with van der Waals surface area (Å²) >= 11 is 0. The van der Waals surface area contributed by atoms with Crippen LogP contribution in [0.5, 0.6) is 0 Å². The molecule has 2 saturated heterocycles. The number of benzene rings is 1. The number of aryl methyl sites for hydroxylation is 1. The van der Waals surface area contributed by atoms with E-state index in [2.05, 4.69) is 41.4 Å². The third-order valence-electron chi connectivity index (χ3n) is 4.70. The summed E-state index contributed by atoms with van der Waals surface area (Å²) in [5.74, 6) is 0.820. The molecule has 2 unspecified atom stereocenters.